The number of nitrogens with one attached hydrogen (secondary N) is 3. The Hall–Kier alpha value is -2.90. The van der Waals surface area contributed by atoms with Gasteiger partial charge in [-0.1, -0.05) is 12.1 Å². The second kappa shape index (κ2) is 9.28. The highest BCUT2D eigenvalue weighted by Crippen LogP contribution is 2.59. The van der Waals surface area contributed by atoms with E-state index in [0.717, 1.165) is 30.7 Å². The molecule has 0 aliphatic heterocycles. The van der Waals surface area contributed by atoms with Crippen molar-refractivity contribution in [2.75, 3.05) is 34.7 Å². The molecule has 4 aliphatic rings. The lowest BCUT2D eigenvalue weighted by molar-refractivity contribution is -0.0591. The van der Waals surface area contributed by atoms with Crippen LogP contribution in [0, 0.1) is 34.5 Å². The van der Waals surface area contributed by atoms with Crippen LogP contribution in [0.2, 0.25) is 0 Å². The van der Waals surface area contributed by atoms with Crippen LogP contribution in [0.4, 0.5) is 17.5 Å². The first-order chi connectivity index (χ1) is 16.7. The minimum Gasteiger partial charge on any atom is -0.368 e. The fourth-order valence-corrected chi connectivity index (χ4v) is 7.24. The molecule has 0 radical (unpaired) electrons. The van der Waals surface area contributed by atoms with E-state index in [-0.39, 0.29) is 5.41 Å². The van der Waals surface area contributed by atoms with Crippen molar-refractivity contribution in [2.24, 2.45) is 28.9 Å². The first kappa shape index (κ1) is 23.8. The molecule has 10 heteroatoms. The van der Waals surface area contributed by atoms with E-state index in [1.54, 1.807) is 18.3 Å². The molecular formula is C25H33N7O2S. The van der Waals surface area contributed by atoms with Crippen molar-refractivity contribution >= 4 is 27.5 Å². The second-order valence-corrected chi connectivity index (χ2v) is 12.5. The molecule has 9 nitrogen and oxygen atoms in total. The third kappa shape index (κ3) is 5.36. The van der Waals surface area contributed by atoms with Crippen molar-refractivity contribution in [3.8, 4) is 6.07 Å². The van der Waals surface area contributed by atoms with Gasteiger partial charge in [0.2, 0.25) is 16.0 Å². The van der Waals surface area contributed by atoms with Gasteiger partial charge in [0.15, 0.2) is 0 Å². The Kier molecular flexibility index (Phi) is 6.32. The van der Waals surface area contributed by atoms with Crippen molar-refractivity contribution in [3.05, 3.63) is 41.6 Å². The fraction of sp³-hybridized carbons (Fsp3) is 0.560. The van der Waals surface area contributed by atoms with E-state index in [0.29, 0.717) is 47.4 Å². The van der Waals surface area contributed by atoms with Crippen LogP contribution < -0.4 is 21.1 Å². The van der Waals surface area contributed by atoms with Gasteiger partial charge in [0.25, 0.3) is 0 Å². The van der Waals surface area contributed by atoms with E-state index < -0.39 is 10.0 Å². The van der Waals surface area contributed by atoms with Crippen molar-refractivity contribution in [3.63, 3.8) is 0 Å². The van der Waals surface area contributed by atoms with Gasteiger partial charge in [-0.05, 0) is 79.4 Å². The van der Waals surface area contributed by atoms with Crippen molar-refractivity contribution < 1.29 is 8.42 Å². The average Bonchev–Trinajstić information content (AvgIpc) is 2.81. The summed E-state index contributed by atoms with van der Waals surface area (Å²) in [6, 6.07) is 9.83. The lowest BCUT2D eigenvalue weighted by Crippen LogP contribution is -2.58. The number of nitriles is 1. The number of nitrogens with two attached hydrogens (primary N) is 1. The van der Waals surface area contributed by atoms with E-state index in [4.69, 9.17) is 5.73 Å². The summed E-state index contributed by atoms with van der Waals surface area (Å²) in [5.41, 5.74) is 8.81. The molecule has 5 N–H and O–H groups in total. The van der Waals surface area contributed by atoms with Gasteiger partial charge in [0, 0.05) is 24.8 Å². The second-order valence-electron chi connectivity index (χ2n) is 10.7. The SMILES string of the molecule is CS(=O)(=O)Nc1ccc(CCNc2ncc(C#N)c(NCC34CC5C[C@H](C3)C(N)[C@@H](C5)C4)n2)cc1. The Morgan fingerprint density at radius 1 is 1.14 bits per heavy atom. The Morgan fingerprint density at radius 3 is 2.51 bits per heavy atom. The van der Waals surface area contributed by atoms with Gasteiger partial charge in [0.1, 0.15) is 17.5 Å². The molecule has 3 unspecified atom stereocenters. The summed E-state index contributed by atoms with van der Waals surface area (Å²) in [4.78, 5) is 8.91. The van der Waals surface area contributed by atoms with Crippen LogP contribution in [0.25, 0.3) is 0 Å². The van der Waals surface area contributed by atoms with Crippen LogP contribution >= 0.6 is 0 Å². The number of anilines is 3. The highest BCUT2D eigenvalue weighted by Gasteiger charge is 2.54. The maximum Gasteiger partial charge on any atom is 0.229 e. The first-order valence-corrected chi connectivity index (χ1v) is 14.2. The molecule has 186 valence electrons. The third-order valence-corrected chi connectivity index (χ3v) is 8.57. The van der Waals surface area contributed by atoms with E-state index >= 15 is 0 Å². The smallest absolute Gasteiger partial charge is 0.229 e. The molecular weight excluding hydrogens is 462 g/mol. The van der Waals surface area contributed by atoms with E-state index in [1.807, 2.05) is 12.1 Å². The minimum absolute atomic E-state index is 0.260. The molecule has 0 saturated heterocycles. The average molecular weight is 496 g/mol. The largest absolute Gasteiger partial charge is 0.368 e. The molecule has 1 aromatic carbocycles. The lowest BCUT2D eigenvalue weighted by Gasteiger charge is -2.59. The number of rotatable bonds is 9. The van der Waals surface area contributed by atoms with Gasteiger partial charge < -0.3 is 16.4 Å². The molecule has 4 fully saturated rings. The number of hydrogen-bond donors (Lipinski definition) is 4. The van der Waals surface area contributed by atoms with Crippen LogP contribution in [0.5, 0.6) is 0 Å². The summed E-state index contributed by atoms with van der Waals surface area (Å²) in [7, 11) is -3.29. The maximum absolute atomic E-state index is 11.3. The van der Waals surface area contributed by atoms with E-state index in [2.05, 4.69) is 31.4 Å². The lowest BCUT2D eigenvalue weighted by atomic mass is 9.48. The molecule has 0 amide bonds. The zero-order chi connectivity index (χ0) is 24.6. The third-order valence-electron chi connectivity index (χ3n) is 7.97. The number of nitrogens with zero attached hydrogens (tertiary/aromatic N) is 3. The predicted molar refractivity (Wildman–Crippen MR) is 136 cm³/mol. The first-order valence-electron chi connectivity index (χ1n) is 12.3. The fourth-order valence-electron chi connectivity index (χ4n) is 6.68. The van der Waals surface area contributed by atoms with E-state index in [9.17, 15) is 13.7 Å². The Morgan fingerprint density at radius 2 is 1.86 bits per heavy atom. The summed E-state index contributed by atoms with van der Waals surface area (Å²) in [5.74, 6) is 3.13. The van der Waals surface area contributed by atoms with E-state index in [1.165, 1.54) is 32.1 Å². The highest BCUT2D eigenvalue weighted by molar-refractivity contribution is 7.92. The number of hydrogen-bond acceptors (Lipinski definition) is 8. The number of aromatic nitrogens is 2. The number of sulfonamides is 1. The molecule has 0 spiro atoms. The molecule has 35 heavy (non-hydrogen) atoms. The maximum atomic E-state index is 11.3. The standard InChI is InChI=1S/C25H33N7O2S/c1-35(33,34)32-21-4-2-16(3-5-21)6-7-28-24-29-14-20(13-26)23(31-24)30-15-25-10-17-8-18(11-25)22(27)19(9-17)12-25/h2-5,14,17-19,22,32H,6-12,15,27H2,1H3,(H2,28,29,30,31)/t17?,18-,19+,22?,25?. The monoisotopic (exact) mass is 495 g/mol. The molecule has 5 atom stereocenters. The van der Waals surface area contributed by atoms with Crippen LogP contribution in [-0.4, -0.2) is 43.8 Å². The van der Waals surface area contributed by atoms with Gasteiger partial charge >= 0.3 is 0 Å². The Labute approximate surface area is 207 Å². The summed E-state index contributed by atoms with van der Waals surface area (Å²) in [5, 5.41) is 16.3. The Balaban J connectivity index is 1.18. The van der Waals surface area contributed by atoms with Crippen molar-refractivity contribution in [1.29, 1.82) is 5.26 Å². The molecule has 1 heterocycles. The van der Waals surface area contributed by atoms with Gasteiger partial charge in [-0.3, -0.25) is 4.72 Å². The molecule has 4 aliphatic carbocycles. The topological polar surface area (TPSA) is 146 Å². The summed E-state index contributed by atoms with van der Waals surface area (Å²) in [6.07, 6.45) is 9.57. The zero-order valence-corrected chi connectivity index (χ0v) is 20.8. The molecule has 6 rings (SSSR count). The van der Waals surface area contributed by atoms with Crippen LogP contribution in [0.1, 0.15) is 43.2 Å². The Bertz CT molecular complexity index is 1210. The van der Waals surface area contributed by atoms with Gasteiger partial charge in [-0.25, -0.2) is 13.4 Å². The van der Waals surface area contributed by atoms with Crippen molar-refractivity contribution in [2.45, 2.75) is 44.6 Å². The quantitative estimate of drug-likeness (QED) is 0.415. The normalized spacial score (nSPS) is 28.9. The minimum atomic E-state index is -3.29. The molecule has 1 aromatic heterocycles. The van der Waals surface area contributed by atoms with Gasteiger partial charge in [0.05, 0.1) is 12.5 Å². The van der Waals surface area contributed by atoms with Crippen molar-refractivity contribution in [1.82, 2.24) is 9.97 Å². The molecule has 4 saturated carbocycles. The summed E-state index contributed by atoms with van der Waals surface area (Å²) < 4.78 is 25.1. The summed E-state index contributed by atoms with van der Waals surface area (Å²) in [6.45, 7) is 1.43. The van der Waals surface area contributed by atoms with Crippen LogP contribution in [0.15, 0.2) is 30.5 Å². The molecule has 4 bridgehead atoms. The highest BCUT2D eigenvalue weighted by atomic mass is 32.2. The summed E-state index contributed by atoms with van der Waals surface area (Å²) >= 11 is 0. The number of benzene rings is 1. The zero-order valence-electron chi connectivity index (χ0n) is 20.0. The molecule has 2 aromatic rings. The van der Waals surface area contributed by atoms with Crippen LogP contribution in [-0.2, 0) is 16.4 Å². The van der Waals surface area contributed by atoms with Gasteiger partial charge in [-0.15, -0.1) is 0 Å². The van der Waals surface area contributed by atoms with Crippen LogP contribution in [0.3, 0.4) is 0 Å². The predicted octanol–water partition coefficient (Wildman–Crippen LogP) is 2.94. The van der Waals surface area contributed by atoms with Gasteiger partial charge in [-0.2, -0.15) is 10.2 Å².